The molecule has 3 nitrogen and oxygen atoms in total. The minimum absolute atomic E-state index is 0.302. The van der Waals surface area contributed by atoms with Crippen molar-refractivity contribution in [2.45, 2.75) is 39.2 Å². The number of aryl methyl sites for hydroxylation is 2. The van der Waals surface area contributed by atoms with Gasteiger partial charge in [0.25, 0.3) is 0 Å². The number of benzene rings is 1. The summed E-state index contributed by atoms with van der Waals surface area (Å²) in [6.07, 6.45) is 4.94. The number of carbonyl (C=O) groups excluding carboxylic acids is 1. The number of anilines is 1. The molecule has 0 aliphatic carbocycles. The Morgan fingerprint density at radius 1 is 1.38 bits per heavy atom. The first-order valence-electron chi connectivity index (χ1n) is 7.70. The maximum absolute atomic E-state index is 12.1. The lowest BCUT2D eigenvalue weighted by Crippen LogP contribution is -2.45. The smallest absolute Gasteiger partial charge is 0.223 e. The fraction of sp³-hybridized carbons (Fsp3) is 0.588. The van der Waals surface area contributed by atoms with Gasteiger partial charge in [0.05, 0.1) is 0 Å². The average Bonchev–Trinajstić information content (AvgIpc) is 2.49. The van der Waals surface area contributed by atoms with Crippen LogP contribution in [0.4, 0.5) is 5.69 Å². The lowest BCUT2D eigenvalue weighted by atomic mass is 10.0. The highest BCUT2D eigenvalue weighted by molar-refractivity contribution is 7.98. The van der Waals surface area contributed by atoms with E-state index in [1.54, 1.807) is 11.8 Å². The summed E-state index contributed by atoms with van der Waals surface area (Å²) in [6, 6.07) is 6.86. The van der Waals surface area contributed by atoms with E-state index < -0.39 is 0 Å². The minimum atomic E-state index is 0.302. The topological polar surface area (TPSA) is 32.3 Å². The van der Waals surface area contributed by atoms with Crippen LogP contribution in [0.3, 0.4) is 0 Å². The van der Waals surface area contributed by atoms with Gasteiger partial charge < -0.3 is 10.2 Å². The monoisotopic (exact) mass is 306 g/mol. The zero-order valence-corrected chi connectivity index (χ0v) is 14.1. The summed E-state index contributed by atoms with van der Waals surface area (Å²) in [4.78, 5) is 14.2. The fourth-order valence-corrected chi connectivity index (χ4v) is 3.11. The van der Waals surface area contributed by atoms with Crippen molar-refractivity contribution in [3.8, 4) is 0 Å². The first-order chi connectivity index (χ1) is 10.1. The molecular formula is C17H26N2OS. The summed E-state index contributed by atoms with van der Waals surface area (Å²) in [6.45, 7) is 6.02. The molecule has 1 aromatic carbocycles. The standard InChI is InChI=1S/C17H26N2OS/c1-13-6-7-15(11-14(13)2)18-16-5-4-9-19(12-16)17(20)8-10-21-3/h6-7,11,16,18H,4-5,8-10,12H2,1-3H3/t16-/m1/s1. The van der Waals surface area contributed by atoms with E-state index in [4.69, 9.17) is 0 Å². The van der Waals surface area contributed by atoms with Crippen LogP contribution in [0.15, 0.2) is 18.2 Å². The Labute approximate surface area is 132 Å². The number of nitrogens with zero attached hydrogens (tertiary/aromatic N) is 1. The van der Waals surface area contributed by atoms with E-state index >= 15 is 0 Å². The second kappa shape index (κ2) is 7.74. The largest absolute Gasteiger partial charge is 0.381 e. The van der Waals surface area contributed by atoms with Crippen molar-refractivity contribution in [3.05, 3.63) is 29.3 Å². The van der Waals surface area contributed by atoms with Crippen LogP contribution in [-0.2, 0) is 4.79 Å². The van der Waals surface area contributed by atoms with Crippen molar-refractivity contribution >= 4 is 23.4 Å². The number of piperidine rings is 1. The van der Waals surface area contributed by atoms with Gasteiger partial charge in [0.15, 0.2) is 0 Å². The summed E-state index contributed by atoms with van der Waals surface area (Å²) in [5, 5.41) is 3.59. The van der Waals surface area contributed by atoms with E-state index in [2.05, 4.69) is 37.4 Å². The van der Waals surface area contributed by atoms with Gasteiger partial charge in [-0.3, -0.25) is 4.79 Å². The number of hydrogen-bond donors (Lipinski definition) is 1. The number of likely N-dealkylation sites (tertiary alicyclic amines) is 1. The molecule has 1 N–H and O–H groups in total. The molecule has 0 aromatic heterocycles. The highest BCUT2D eigenvalue weighted by atomic mass is 32.2. The van der Waals surface area contributed by atoms with Crippen molar-refractivity contribution in [2.24, 2.45) is 0 Å². The lowest BCUT2D eigenvalue weighted by Gasteiger charge is -2.34. The quantitative estimate of drug-likeness (QED) is 0.904. The van der Waals surface area contributed by atoms with Gasteiger partial charge in [-0.15, -0.1) is 0 Å². The van der Waals surface area contributed by atoms with Gasteiger partial charge in [0.2, 0.25) is 5.91 Å². The van der Waals surface area contributed by atoms with E-state index in [0.29, 0.717) is 18.4 Å². The normalized spacial score (nSPS) is 18.6. The molecule has 0 radical (unpaired) electrons. The van der Waals surface area contributed by atoms with Crippen LogP contribution in [0, 0.1) is 13.8 Å². The number of rotatable bonds is 5. The van der Waals surface area contributed by atoms with E-state index in [1.165, 1.54) is 16.8 Å². The summed E-state index contributed by atoms with van der Waals surface area (Å²) in [7, 11) is 0. The molecule has 0 bridgehead atoms. The molecule has 1 aliphatic heterocycles. The van der Waals surface area contributed by atoms with Crippen LogP contribution >= 0.6 is 11.8 Å². The first-order valence-corrected chi connectivity index (χ1v) is 9.10. The van der Waals surface area contributed by atoms with Crippen LogP contribution in [0.5, 0.6) is 0 Å². The molecule has 1 amide bonds. The molecule has 0 unspecified atom stereocenters. The average molecular weight is 306 g/mol. The molecule has 1 heterocycles. The molecule has 2 rings (SSSR count). The van der Waals surface area contributed by atoms with Gasteiger partial charge in [-0.2, -0.15) is 11.8 Å². The molecule has 0 saturated carbocycles. The Balaban J connectivity index is 1.91. The number of carbonyl (C=O) groups is 1. The maximum atomic E-state index is 12.1. The first kappa shape index (κ1) is 16.2. The van der Waals surface area contributed by atoms with E-state index in [0.717, 1.165) is 31.7 Å². The van der Waals surface area contributed by atoms with E-state index in [9.17, 15) is 4.79 Å². The molecule has 1 aromatic rings. The zero-order valence-electron chi connectivity index (χ0n) is 13.3. The Morgan fingerprint density at radius 2 is 2.19 bits per heavy atom. The molecule has 0 spiro atoms. The predicted molar refractivity (Wildman–Crippen MR) is 92.1 cm³/mol. The van der Waals surface area contributed by atoms with Gasteiger partial charge in [-0.05, 0) is 56.2 Å². The maximum Gasteiger partial charge on any atom is 0.223 e. The molecule has 21 heavy (non-hydrogen) atoms. The second-order valence-electron chi connectivity index (χ2n) is 5.87. The summed E-state index contributed by atoms with van der Waals surface area (Å²) in [5.74, 6) is 1.22. The molecule has 116 valence electrons. The van der Waals surface area contributed by atoms with Gasteiger partial charge >= 0.3 is 0 Å². The lowest BCUT2D eigenvalue weighted by molar-refractivity contribution is -0.131. The summed E-state index contributed by atoms with van der Waals surface area (Å²) < 4.78 is 0. The minimum Gasteiger partial charge on any atom is -0.381 e. The number of hydrogen-bond acceptors (Lipinski definition) is 3. The summed E-state index contributed by atoms with van der Waals surface area (Å²) >= 11 is 1.74. The number of thioether (sulfide) groups is 1. The highest BCUT2D eigenvalue weighted by Gasteiger charge is 2.23. The van der Waals surface area contributed by atoms with E-state index in [1.807, 2.05) is 11.2 Å². The number of amides is 1. The molecule has 1 atom stereocenters. The van der Waals surface area contributed by atoms with Crippen LogP contribution < -0.4 is 5.32 Å². The van der Waals surface area contributed by atoms with Gasteiger partial charge in [0, 0.05) is 37.0 Å². The second-order valence-corrected chi connectivity index (χ2v) is 6.85. The third-order valence-corrected chi connectivity index (χ3v) is 4.78. The SMILES string of the molecule is CSCCC(=O)N1CCC[C@@H](Nc2ccc(C)c(C)c2)C1. The molecule has 1 aliphatic rings. The van der Waals surface area contributed by atoms with Crippen molar-refractivity contribution in [2.75, 3.05) is 30.4 Å². The zero-order chi connectivity index (χ0) is 15.2. The third-order valence-electron chi connectivity index (χ3n) is 4.17. The van der Waals surface area contributed by atoms with Crippen LogP contribution in [0.25, 0.3) is 0 Å². The number of nitrogens with one attached hydrogen (secondary N) is 1. The third kappa shape index (κ3) is 4.67. The Morgan fingerprint density at radius 3 is 2.90 bits per heavy atom. The highest BCUT2D eigenvalue weighted by Crippen LogP contribution is 2.19. The van der Waals surface area contributed by atoms with Gasteiger partial charge in [-0.1, -0.05) is 6.07 Å². The van der Waals surface area contributed by atoms with Crippen molar-refractivity contribution in [3.63, 3.8) is 0 Å². The van der Waals surface area contributed by atoms with Gasteiger partial charge in [-0.25, -0.2) is 0 Å². The van der Waals surface area contributed by atoms with Crippen LogP contribution in [0.1, 0.15) is 30.4 Å². The molecular weight excluding hydrogens is 280 g/mol. The Hall–Kier alpha value is -1.16. The van der Waals surface area contributed by atoms with Crippen molar-refractivity contribution in [1.82, 2.24) is 4.90 Å². The van der Waals surface area contributed by atoms with Crippen molar-refractivity contribution < 1.29 is 4.79 Å². The molecule has 4 heteroatoms. The van der Waals surface area contributed by atoms with E-state index in [-0.39, 0.29) is 0 Å². The van der Waals surface area contributed by atoms with Crippen molar-refractivity contribution in [1.29, 1.82) is 0 Å². The predicted octanol–water partition coefficient (Wildman–Crippen LogP) is 3.46. The Kier molecular flexibility index (Phi) is 5.97. The van der Waals surface area contributed by atoms with Crippen LogP contribution in [0.2, 0.25) is 0 Å². The van der Waals surface area contributed by atoms with Gasteiger partial charge in [0.1, 0.15) is 0 Å². The van der Waals surface area contributed by atoms with Crippen LogP contribution in [-0.4, -0.2) is 41.9 Å². The fourth-order valence-electron chi connectivity index (χ4n) is 2.74. The molecule has 1 fully saturated rings. The Bertz CT molecular complexity index is 490. The molecule has 1 saturated heterocycles. The summed E-state index contributed by atoms with van der Waals surface area (Å²) in [5.41, 5.74) is 3.79.